The van der Waals surface area contributed by atoms with Gasteiger partial charge in [-0.1, -0.05) is 141 Å². The number of pyridine rings is 1. The second kappa shape index (κ2) is 13.2. The lowest BCUT2D eigenvalue weighted by atomic mass is 9.79. The zero-order valence-electron chi connectivity index (χ0n) is 30.7. The zero-order valence-corrected chi connectivity index (χ0v) is 30.7. The van der Waals surface area contributed by atoms with Crippen LogP contribution in [0.3, 0.4) is 0 Å². The lowest BCUT2D eigenvalue weighted by Crippen LogP contribution is -2.15. The highest BCUT2D eigenvalue weighted by molar-refractivity contribution is 5.98. The van der Waals surface area contributed by atoms with E-state index in [0.717, 1.165) is 55.9 Å². The van der Waals surface area contributed by atoms with Crippen LogP contribution < -0.4 is 0 Å². The van der Waals surface area contributed by atoms with Gasteiger partial charge in [-0.3, -0.25) is 4.98 Å². The molecule has 1 aliphatic carbocycles. The molecule has 0 spiro atoms. The first-order valence-electron chi connectivity index (χ1n) is 18.8. The van der Waals surface area contributed by atoms with Gasteiger partial charge in [-0.2, -0.15) is 0 Å². The first-order chi connectivity index (χ1) is 27.0. The smallest absolute Gasteiger partial charge is 0.160 e. The summed E-state index contributed by atoms with van der Waals surface area (Å²) in [7, 11) is 0. The van der Waals surface area contributed by atoms with E-state index in [1.165, 1.54) is 38.6 Å². The van der Waals surface area contributed by atoms with Crippen molar-refractivity contribution < 1.29 is 0 Å². The van der Waals surface area contributed by atoms with E-state index in [1.54, 1.807) is 0 Å². The molecule has 2 heterocycles. The van der Waals surface area contributed by atoms with Crippen molar-refractivity contribution in [3.05, 3.63) is 199 Å². The highest BCUT2D eigenvalue weighted by Crippen LogP contribution is 2.52. The molecule has 0 amide bonds. The van der Waals surface area contributed by atoms with E-state index in [0.29, 0.717) is 5.82 Å². The van der Waals surface area contributed by atoms with Crippen LogP contribution in [0.4, 0.5) is 0 Å². The van der Waals surface area contributed by atoms with Gasteiger partial charge in [0.15, 0.2) is 5.82 Å². The highest BCUT2D eigenvalue weighted by Gasteiger charge is 2.37. The normalized spacial score (nSPS) is 12.7. The minimum atomic E-state index is -0.168. The molecule has 0 aliphatic heterocycles. The molecule has 0 bridgehead atoms. The first-order valence-corrected chi connectivity index (χ1v) is 18.8. The summed E-state index contributed by atoms with van der Waals surface area (Å²) < 4.78 is 0. The van der Waals surface area contributed by atoms with Crippen molar-refractivity contribution in [2.75, 3.05) is 0 Å². The van der Waals surface area contributed by atoms with Gasteiger partial charge in [0.1, 0.15) is 0 Å². The van der Waals surface area contributed by atoms with Crippen molar-refractivity contribution in [2.45, 2.75) is 19.3 Å². The van der Waals surface area contributed by atoms with Crippen LogP contribution in [0.25, 0.3) is 89.2 Å². The van der Waals surface area contributed by atoms with Gasteiger partial charge in [0.2, 0.25) is 0 Å². The molecule has 0 unspecified atom stereocenters. The molecule has 7 aromatic carbocycles. The van der Waals surface area contributed by atoms with E-state index < -0.39 is 0 Å². The number of benzene rings is 7. The van der Waals surface area contributed by atoms with Crippen LogP contribution >= 0.6 is 0 Å². The average Bonchev–Trinajstić information content (AvgIpc) is 3.49. The first kappa shape index (κ1) is 32.7. The highest BCUT2D eigenvalue weighted by atomic mass is 14.9. The lowest BCUT2D eigenvalue weighted by molar-refractivity contribution is 0.666. The van der Waals surface area contributed by atoms with Gasteiger partial charge in [0.05, 0.1) is 11.4 Å². The largest absolute Gasteiger partial charge is 0.265 e. The summed E-state index contributed by atoms with van der Waals surface area (Å²) in [6.45, 7) is 4.74. The monoisotopic (exact) mass is 703 g/mol. The number of aromatic nitrogens is 3. The van der Waals surface area contributed by atoms with Crippen LogP contribution in [0, 0.1) is 0 Å². The quantitative estimate of drug-likeness (QED) is 0.173. The van der Waals surface area contributed by atoms with Gasteiger partial charge in [-0.05, 0) is 115 Å². The number of nitrogens with zero attached hydrogens (tertiary/aromatic N) is 3. The van der Waals surface area contributed by atoms with Crippen molar-refractivity contribution in [3.63, 3.8) is 0 Å². The van der Waals surface area contributed by atoms with E-state index in [-0.39, 0.29) is 5.41 Å². The summed E-state index contributed by atoms with van der Waals surface area (Å²) >= 11 is 0. The fourth-order valence-electron chi connectivity index (χ4n) is 8.38. The van der Waals surface area contributed by atoms with Crippen LogP contribution in [0.15, 0.2) is 188 Å². The van der Waals surface area contributed by atoms with Crippen molar-refractivity contribution >= 4 is 10.8 Å². The molecule has 10 rings (SSSR count). The standard InChI is InChI=1S/C52H37N3/c1-52(2)47-32-40(21-22-45(47)46-23-20-35-12-9-10-19-44(35)50(46)52)42-29-41(39-18-11-17-38(28-39)34-24-26-53-27-25-34)30-43(31-42)51-54-48(36-13-5-3-6-14-36)33-49(55-51)37-15-7-4-8-16-37/h3-33H,1-2H3. The van der Waals surface area contributed by atoms with Crippen molar-refractivity contribution in [1.82, 2.24) is 15.0 Å². The van der Waals surface area contributed by atoms with Crippen LogP contribution in [-0.2, 0) is 5.41 Å². The topological polar surface area (TPSA) is 38.7 Å². The molecule has 1 aliphatic rings. The number of fused-ring (bicyclic) bond motifs is 5. The summed E-state index contributed by atoms with van der Waals surface area (Å²) in [5.74, 6) is 0.689. The maximum Gasteiger partial charge on any atom is 0.160 e. The van der Waals surface area contributed by atoms with Crippen LogP contribution in [0.2, 0.25) is 0 Å². The van der Waals surface area contributed by atoms with Gasteiger partial charge in [0, 0.05) is 34.5 Å². The Morgan fingerprint density at radius 2 is 0.927 bits per heavy atom. The van der Waals surface area contributed by atoms with E-state index in [4.69, 9.17) is 9.97 Å². The third-order valence-electron chi connectivity index (χ3n) is 11.1. The SMILES string of the molecule is CC1(C)c2cc(-c3cc(-c4cccc(-c5ccncc5)c4)cc(-c4nc(-c5ccccc5)cc(-c5ccccc5)n4)c3)ccc2-c2ccc3ccccc3c21. The molecule has 0 saturated carbocycles. The third kappa shape index (κ3) is 5.82. The van der Waals surface area contributed by atoms with Crippen molar-refractivity contribution in [1.29, 1.82) is 0 Å². The van der Waals surface area contributed by atoms with E-state index in [2.05, 4.69) is 183 Å². The van der Waals surface area contributed by atoms with E-state index in [9.17, 15) is 0 Å². The molecule has 9 aromatic rings. The fourth-order valence-corrected chi connectivity index (χ4v) is 8.38. The molecule has 0 saturated heterocycles. The average molecular weight is 704 g/mol. The number of rotatable bonds is 6. The van der Waals surface area contributed by atoms with Gasteiger partial charge < -0.3 is 0 Å². The molecular weight excluding hydrogens is 667 g/mol. The maximum absolute atomic E-state index is 5.25. The molecule has 2 aromatic heterocycles. The Morgan fingerprint density at radius 1 is 0.382 bits per heavy atom. The van der Waals surface area contributed by atoms with Gasteiger partial charge in [-0.25, -0.2) is 9.97 Å². The van der Waals surface area contributed by atoms with Crippen LogP contribution in [0.5, 0.6) is 0 Å². The molecule has 0 atom stereocenters. The predicted molar refractivity (Wildman–Crippen MR) is 228 cm³/mol. The summed E-state index contributed by atoms with van der Waals surface area (Å²) in [5.41, 5.74) is 16.9. The molecule has 3 heteroatoms. The Hall–Kier alpha value is -6.97. The van der Waals surface area contributed by atoms with Crippen molar-refractivity contribution in [2.24, 2.45) is 0 Å². The Morgan fingerprint density at radius 3 is 1.62 bits per heavy atom. The number of hydrogen-bond donors (Lipinski definition) is 0. The second-order valence-corrected chi connectivity index (χ2v) is 14.9. The predicted octanol–water partition coefficient (Wildman–Crippen LogP) is 13.3. The molecule has 3 nitrogen and oxygen atoms in total. The third-order valence-corrected chi connectivity index (χ3v) is 11.1. The van der Waals surface area contributed by atoms with Gasteiger partial charge in [-0.15, -0.1) is 0 Å². The summed E-state index contributed by atoms with van der Waals surface area (Å²) in [6.07, 6.45) is 3.69. The van der Waals surface area contributed by atoms with Crippen LogP contribution in [-0.4, -0.2) is 15.0 Å². The summed E-state index contributed by atoms with van der Waals surface area (Å²) in [5, 5.41) is 2.60. The Bertz CT molecular complexity index is 2820. The fraction of sp³-hybridized carbons (Fsp3) is 0.0577. The molecule has 55 heavy (non-hydrogen) atoms. The molecule has 260 valence electrons. The summed E-state index contributed by atoms with van der Waals surface area (Å²) in [6, 6.07) is 62.9. The van der Waals surface area contributed by atoms with E-state index >= 15 is 0 Å². The maximum atomic E-state index is 5.25. The molecule has 0 N–H and O–H groups in total. The van der Waals surface area contributed by atoms with Crippen LogP contribution in [0.1, 0.15) is 25.0 Å². The minimum Gasteiger partial charge on any atom is -0.265 e. The Labute approximate surface area is 321 Å². The minimum absolute atomic E-state index is 0.168. The Kier molecular flexibility index (Phi) is 7.81. The summed E-state index contributed by atoms with van der Waals surface area (Å²) in [4.78, 5) is 14.8. The molecule has 0 fully saturated rings. The lowest BCUT2D eigenvalue weighted by Gasteiger charge is -2.23. The Balaban J connectivity index is 1.17. The van der Waals surface area contributed by atoms with E-state index in [1.807, 2.05) is 24.5 Å². The molecule has 0 radical (unpaired) electrons. The number of hydrogen-bond acceptors (Lipinski definition) is 3. The zero-order chi connectivity index (χ0) is 36.9. The van der Waals surface area contributed by atoms with Gasteiger partial charge >= 0.3 is 0 Å². The van der Waals surface area contributed by atoms with Crippen molar-refractivity contribution in [3.8, 4) is 78.4 Å². The molecular formula is C52H37N3. The second-order valence-electron chi connectivity index (χ2n) is 14.9. The van der Waals surface area contributed by atoms with Gasteiger partial charge in [0.25, 0.3) is 0 Å².